The number of nitrogens with one attached hydrogen (secondary N) is 1. The lowest BCUT2D eigenvalue weighted by atomic mass is 10.2. The summed E-state index contributed by atoms with van der Waals surface area (Å²) in [7, 11) is 1.98. The summed E-state index contributed by atoms with van der Waals surface area (Å²) in [6, 6.07) is 8.62. The van der Waals surface area contributed by atoms with Crippen LogP contribution in [0.4, 0.5) is 0 Å². The zero-order valence-electron chi connectivity index (χ0n) is 12.7. The molecule has 2 aromatic heterocycles. The van der Waals surface area contributed by atoms with Crippen LogP contribution in [-0.4, -0.2) is 26.1 Å². The molecule has 0 aliphatic carbocycles. The molecular weight excluding hydrogens is 262 g/mol. The van der Waals surface area contributed by atoms with E-state index in [4.69, 9.17) is 0 Å². The maximum Gasteiger partial charge on any atom is 0.0918 e. The molecule has 110 valence electrons. The van der Waals surface area contributed by atoms with Crippen LogP contribution in [0.1, 0.15) is 31.1 Å². The summed E-state index contributed by atoms with van der Waals surface area (Å²) in [6.07, 6.45) is 4.02. The Kier molecular flexibility index (Phi) is 3.75. The lowest BCUT2D eigenvalue weighted by Crippen LogP contribution is -2.17. The third kappa shape index (κ3) is 2.69. The zero-order valence-corrected chi connectivity index (χ0v) is 12.7. The van der Waals surface area contributed by atoms with Gasteiger partial charge in [0, 0.05) is 30.2 Å². The number of rotatable bonds is 5. The van der Waals surface area contributed by atoms with Crippen molar-refractivity contribution in [2.45, 2.75) is 26.4 Å². The van der Waals surface area contributed by atoms with Crippen molar-refractivity contribution in [3.63, 3.8) is 0 Å². The van der Waals surface area contributed by atoms with E-state index < -0.39 is 0 Å². The maximum atomic E-state index is 4.62. The number of fused-ring (bicyclic) bond motifs is 1. The van der Waals surface area contributed by atoms with Crippen LogP contribution in [0, 0.1) is 0 Å². The molecule has 5 heteroatoms. The highest BCUT2D eigenvalue weighted by molar-refractivity contribution is 5.81. The first-order chi connectivity index (χ1) is 10.2. The highest BCUT2D eigenvalue weighted by Crippen LogP contribution is 2.19. The first-order valence-corrected chi connectivity index (χ1v) is 7.35. The summed E-state index contributed by atoms with van der Waals surface area (Å²) in [5.41, 5.74) is 3.41. The number of hydrogen-bond acceptors (Lipinski definition) is 3. The van der Waals surface area contributed by atoms with Gasteiger partial charge in [0.25, 0.3) is 0 Å². The molecule has 0 saturated carbocycles. The minimum atomic E-state index is 0.323. The summed E-state index contributed by atoms with van der Waals surface area (Å²) in [5, 5.41) is 13.7. The highest BCUT2D eigenvalue weighted by Gasteiger charge is 2.11. The maximum absolute atomic E-state index is 4.62. The Hall–Kier alpha value is -2.14. The van der Waals surface area contributed by atoms with Crippen molar-refractivity contribution in [2.75, 3.05) is 6.54 Å². The summed E-state index contributed by atoms with van der Waals surface area (Å²) in [6.45, 7) is 5.92. The van der Waals surface area contributed by atoms with Gasteiger partial charge in [-0.1, -0.05) is 25.1 Å². The zero-order chi connectivity index (χ0) is 14.8. The lowest BCUT2D eigenvalue weighted by molar-refractivity contribution is 0.595. The highest BCUT2D eigenvalue weighted by atomic mass is 15.3. The first-order valence-electron chi connectivity index (χ1n) is 7.35. The largest absolute Gasteiger partial charge is 0.310 e. The Morgan fingerprint density at radius 3 is 2.90 bits per heavy atom. The van der Waals surface area contributed by atoms with Crippen molar-refractivity contribution < 1.29 is 0 Å². The van der Waals surface area contributed by atoms with Gasteiger partial charge in [0.15, 0.2) is 0 Å². The minimum absolute atomic E-state index is 0.323. The van der Waals surface area contributed by atoms with E-state index in [0.717, 1.165) is 17.8 Å². The van der Waals surface area contributed by atoms with Crippen molar-refractivity contribution in [1.82, 2.24) is 24.9 Å². The molecule has 3 aromatic rings. The number of benzene rings is 1. The average molecular weight is 283 g/mol. The fraction of sp³-hybridized carbons (Fsp3) is 0.375. The van der Waals surface area contributed by atoms with Crippen LogP contribution in [0.3, 0.4) is 0 Å². The van der Waals surface area contributed by atoms with Gasteiger partial charge in [0.2, 0.25) is 0 Å². The van der Waals surface area contributed by atoms with E-state index in [0.29, 0.717) is 12.6 Å². The van der Waals surface area contributed by atoms with Crippen LogP contribution in [0.2, 0.25) is 0 Å². The van der Waals surface area contributed by atoms with E-state index in [2.05, 4.69) is 53.8 Å². The fourth-order valence-corrected chi connectivity index (χ4v) is 2.67. The first kappa shape index (κ1) is 13.8. The van der Waals surface area contributed by atoms with E-state index >= 15 is 0 Å². The number of aromatic nitrogens is 4. The van der Waals surface area contributed by atoms with Gasteiger partial charge in [0.05, 0.1) is 24.0 Å². The quantitative estimate of drug-likeness (QED) is 0.782. The normalized spacial score (nSPS) is 12.9. The van der Waals surface area contributed by atoms with Crippen molar-refractivity contribution >= 4 is 10.9 Å². The fourth-order valence-electron chi connectivity index (χ4n) is 2.67. The Labute approximate surface area is 124 Å². The molecule has 2 heterocycles. The predicted octanol–water partition coefficient (Wildman–Crippen LogP) is 2.49. The van der Waals surface area contributed by atoms with Crippen LogP contribution in [0.25, 0.3) is 10.9 Å². The minimum Gasteiger partial charge on any atom is -0.310 e. The topological polar surface area (TPSA) is 47.7 Å². The molecule has 1 atom stereocenters. The van der Waals surface area contributed by atoms with Gasteiger partial charge < -0.3 is 5.32 Å². The predicted molar refractivity (Wildman–Crippen MR) is 84.1 cm³/mol. The third-order valence-corrected chi connectivity index (χ3v) is 3.81. The Morgan fingerprint density at radius 1 is 1.29 bits per heavy atom. The molecule has 0 amide bonds. The summed E-state index contributed by atoms with van der Waals surface area (Å²) in [4.78, 5) is 0. The summed E-state index contributed by atoms with van der Waals surface area (Å²) >= 11 is 0. The van der Waals surface area contributed by atoms with E-state index in [1.54, 1.807) is 0 Å². The van der Waals surface area contributed by atoms with E-state index in [9.17, 15) is 0 Å². The lowest BCUT2D eigenvalue weighted by Gasteiger charge is -2.08. The molecule has 3 rings (SSSR count). The van der Waals surface area contributed by atoms with Gasteiger partial charge in [-0.15, -0.1) is 0 Å². The van der Waals surface area contributed by atoms with Gasteiger partial charge in [-0.3, -0.25) is 9.36 Å². The molecule has 0 fully saturated rings. The van der Waals surface area contributed by atoms with E-state index in [1.165, 1.54) is 10.9 Å². The average Bonchev–Trinajstić information content (AvgIpc) is 3.06. The third-order valence-electron chi connectivity index (χ3n) is 3.81. The van der Waals surface area contributed by atoms with Gasteiger partial charge >= 0.3 is 0 Å². The van der Waals surface area contributed by atoms with Crippen LogP contribution in [0.5, 0.6) is 0 Å². The van der Waals surface area contributed by atoms with Crippen molar-refractivity contribution in [2.24, 2.45) is 7.05 Å². The summed E-state index contributed by atoms with van der Waals surface area (Å²) in [5.74, 6) is 0. The molecule has 0 saturated heterocycles. The number of para-hydroxylation sites is 1. The second kappa shape index (κ2) is 5.69. The number of aryl methyl sites for hydroxylation is 1. The Balaban J connectivity index is 1.86. The number of nitrogens with zero attached hydrogens (tertiary/aromatic N) is 4. The van der Waals surface area contributed by atoms with Crippen molar-refractivity contribution in [1.29, 1.82) is 0 Å². The molecule has 0 aliphatic heterocycles. The van der Waals surface area contributed by atoms with Crippen molar-refractivity contribution in [3.8, 4) is 0 Å². The van der Waals surface area contributed by atoms with Gasteiger partial charge in [0.1, 0.15) is 0 Å². The van der Waals surface area contributed by atoms with Crippen LogP contribution >= 0.6 is 0 Å². The molecular formula is C16H21N5. The van der Waals surface area contributed by atoms with Crippen LogP contribution < -0.4 is 5.32 Å². The van der Waals surface area contributed by atoms with Gasteiger partial charge in [-0.25, -0.2) is 0 Å². The number of hydrogen-bond donors (Lipinski definition) is 1. The second-order valence-electron chi connectivity index (χ2n) is 5.34. The van der Waals surface area contributed by atoms with E-state index in [-0.39, 0.29) is 0 Å². The van der Waals surface area contributed by atoms with Gasteiger partial charge in [-0.05, 0) is 19.5 Å². The smallest absolute Gasteiger partial charge is 0.0918 e. The van der Waals surface area contributed by atoms with E-state index in [1.807, 2.05) is 28.7 Å². The van der Waals surface area contributed by atoms with Gasteiger partial charge in [-0.2, -0.15) is 10.2 Å². The van der Waals surface area contributed by atoms with Crippen LogP contribution in [0.15, 0.2) is 36.7 Å². The molecule has 0 aliphatic rings. The second-order valence-corrected chi connectivity index (χ2v) is 5.34. The van der Waals surface area contributed by atoms with Crippen LogP contribution in [-0.2, 0) is 13.6 Å². The van der Waals surface area contributed by atoms with Crippen molar-refractivity contribution in [3.05, 3.63) is 47.9 Å². The molecule has 21 heavy (non-hydrogen) atoms. The molecule has 1 aromatic carbocycles. The Morgan fingerprint density at radius 2 is 2.10 bits per heavy atom. The molecule has 0 radical (unpaired) electrons. The molecule has 5 nitrogen and oxygen atoms in total. The molecule has 1 unspecified atom stereocenters. The standard InChI is InChI=1S/C16H21N5/c1-4-17-12(2)13-9-18-21(10-13)11-15-14-7-5-6-8-16(14)20(3)19-15/h5-10,12,17H,4,11H2,1-3H3. The Bertz CT molecular complexity index is 740. The molecule has 0 bridgehead atoms. The summed E-state index contributed by atoms with van der Waals surface area (Å²) < 4.78 is 3.88. The molecule has 1 N–H and O–H groups in total. The molecule has 0 spiro atoms. The SMILES string of the molecule is CCNC(C)c1cnn(Cc2nn(C)c3ccccc23)c1. The monoisotopic (exact) mass is 283 g/mol.